The molecule has 0 radical (unpaired) electrons. The number of aromatic hydroxyl groups is 1. The van der Waals surface area contributed by atoms with Gasteiger partial charge in [-0.05, 0) is 24.6 Å². The number of para-hydroxylation sites is 1. The van der Waals surface area contributed by atoms with Crippen LogP contribution in [-0.4, -0.2) is 33.4 Å². The molecule has 0 atom stereocenters. The van der Waals surface area contributed by atoms with Crippen LogP contribution in [0.2, 0.25) is 0 Å². The maximum Gasteiger partial charge on any atom is 0.159 e. The van der Waals surface area contributed by atoms with Gasteiger partial charge in [0.2, 0.25) is 0 Å². The number of hydrogen-bond acceptors (Lipinski definition) is 4. The molecule has 1 N–H and O–H groups in total. The van der Waals surface area contributed by atoms with E-state index >= 15 is 0 Å². The van der Waals surface area contributed by atoms with Crippen LogP contribution in [0, 0.1) is 0 Å². The molecule has 0 unspecified atom stereocenters. The lowest BCUT2D eigenvalue weighted by atomic mass is 10.1. The number of phenols is 1. The van der Waals surface area contributed by atoms with Crippen molar-refractivity contribution in [1.29, 1.82) is 0 Å². The molecular formula is C17H19N3O2. The second-order valence-corrected chi connectivity index (χ2v) is 5.18. The molecule has 3 rings (SSSR count). The Hall–Kier alpha value is -2.40. The van der Waals surface area contributed by atoms with Gasteiger partial charge in [-0.3, -0.25) is 0 Å². The Morgan fingerprint density at radius 3 is 2.86 bits per heavy atom. The molecule has 0 bridgehead atoms. The zero-order chi connectivity index (χ0) is 15.4. The van der Waals surface area contributed by atoms with Crippen LogP contribution in [0.15, 0.2) is 42.6 Å². The Kier molecular flexibility index (Phi) is 4.34. The van der Waals surface area contributed by atoms with E-state index in [0.29, 0.717) is 18.8 Å². The first-order valence-corrected chi connectivity index (χ1v) is 7.35. The lowest BCUT2D eigenvalue weighted by Crippen LogP contribution is -2.07. The summed E-state index contributed by atoms with van der Waals surface area (Å²) < 4.78 is 7.25. The number of phenolic OH excluding ortho intramolecular Hbond substituents is 1. The fourth-order valence-electron chi connectivity index (χ4n) is 2.57. The van der Waals surface area contributed by atoms with Gasteiger partial charge in [0.1, 0.15) is 17.1 Å². The van der Waals surface area contributed by atoms with E-state index in [2.05, 4.69) is 14.5 Å². The zero-order valence-electron chi connectivity index (χ0n) is 12.6. The topological polar surface area (TPSA) is 60.2 Å². The molecule has 5 heteroatoms. The van der Waals surface area contributed by atoms with Crippen LogP contribution in [0.1, 0.15) is 17.8 Å². The molecule has 3 aromatic rings. The molecular weight excluding hydrogens is 278 g/mol. The highest BCUT2D eigenvalue weighted by atomic mass is 16.5. The van der Waals surface area contributed by atoms with Crippen LogP contribution in [-0.2, 0) is 17.7 Å². The van der Waals surface area contributed by atoms with Crippen molar-refractivity contribution in [3.05, 3.63) is 54.0 Å². The van der Waals surface area contributed by atoms with E-state index in [-0.39, 0.29) is 0 Å². The second kappa shape index (κ2) is 6.58. The maximum atomic E-state index is 9.98. The minimum absolute atomic E-state index is 0.297. The number of aryl methyl sites for hydroxylation is 1. The highest BCUT2D eigenvalue weighted by molar-refractivity contribution is 5.71. The van der Waals surface area contributed by atoms with Crippen LogP contribution in [0.25, 0.3) is 11.2 Å². The predicted molar refractivity (Wildman–Crippen MR) is 84.9 cm³/mol. The van der Waals surface area contributed by atoms with Crippen molar-refractivity contribution in [3.63, 3.8) is 0 Å². The monoisotopic (exact) mass is 297 g/mol. The van der Waals surface area contributed by atoms with Crippen molar-refractivity contribution in [1.82, 2.24) is 14.5 Å². The quantitative estimate of drug-likeness (QED) is 0.711. The van der Waals surface area contributed by atoms with E-state index in [0.717, 1.165) is 35.5 Å². The summed E-state index contributed by atoms with van der Waals surface area (Å²) in [7, 11) is 1.70. The molecule has 0 spiro atoms. The molecule has 0 fully saturated rings. The third-order valence-electron chi connectivity index (χ3n) is 3.65. The lowest BCUT2D eigenvalue weighted by molar-refractivity contribution is 0.190. The highest BCUT2D eigenvalue weighted by Crippen LogP contribution is 2.22. The van der Waals surface area contributed by atoms with E-state index < -0.39 is 0 Å². The summed E-state index contributed by atoms with van der Waals surface area (Å²) in [6.45, 7) is 1.49. The maximum absolute atomic E-state index is 9.98. The van der Waals surface area contributed by atoms with E-state index in [4.69, 9.17) is 4.74 Å². The number of rotatable bonds is 6. The molecule has 2 heterocycles. The summed E-state index contributed by atoms with van der Waals surface area (Å²) in [5.74, 6) is 1.21. The van der Waals surface area contributed by atoms with Gasteiger partial charge in [0.15, 0.2) is 5.65 Å². The van der Waals surface area contributed by atoms with Gasteiger partial charge in [0.05, 0.1) is 0 Å². The number of methoxy groups -OCH3 is 1. The number of ether oxygens (including phenoxy) is 1. The fraction of sp³-hybridized carbons (Fsp3) is 0.294. The van der Waals surface area contributed by atoms with Gasteiger partial charge in [-0.25, -0.2) is 9.97 Å². The molecule has 0 aliphatic rings. The Balaban J connectivity index is 1.97. The summed E-state index contributed by atoms with van der Waals surface area (Å²) in [6, 6.07) is 11.2. The smallest absolute Gasteiger partial charge is 0.159 e. The van der Waals surface area contributed by atoms with Crippen molar-refractivity contribution in [2.45, 2.75) is 19.4 Å². The Labute approximate surface area is 129 Å². The normalized spacial score (nSPS) is 11.1. The standard InChI is InChI=1S/C17H19N3O2/c1-22-11-5-10-20-16(12-13-6-2-3-8-15(13)21)19-14-7-4-9-18-17(14)20/h2-4,6-9,21H,5,10-12H2,1H3. The van der Waals surface area contributed by atoms with Gasteiger partial charge in [-0.1, -0.05) is 18.2 Å². The van der Waals surface area contributed by atoms with Gasteiger partial charge >= 0.3 is 0 Å². The van der Waals surface area contributed by atoms with E-state index in [1.54, 1.807) is 19.4 Å². The van der Waals surface area contributed by atoms with Crippen LogP contribution in [0.5, 0.6) is 5.75 Å². The molecule has 114 valence electrons. The molecule has 0 aliphatic heterocycles. The van der Waals surface area contributed by atoms with Gasteiger partial charge < -0.3 is 14.4 Å². The molecule has 22 heavy (non-hydrogen) atoms. The van der Waals surface area contributed by atoms with Crippen molar-refractivity contribution < 1.29 is 9.84 Å². The second-order valence-electron chi connectivity index (χ2n) is 5.18. The summed E-state index contributed by atoms with van der Waals surface area (Å²) in [4.78, 5) is 9.12. The van der Waals surface area contributed by atoms with Crippen LogP contribution < -0.4 is 0 Å². The number of hydrogen-bond donors (Lipinski definition) is 1. The molecule has 0 amide bonds. The molecule has 2 aromatic heterocycles. The third kappa shape index (κ3) is 2.94. The number of pyridine rings is 1. The summed E-state index contributed by atoms with van der Waals surface area (Å²) in [5.41, 5.74) is 2.63. The SMILES string of the molecule is COCCCn1c(Cc2ccccc2O)nc2cccnc21. The summed E-state index contributed by atoms with van der Waals surface area (Å²) in [5, 5.41) is 9.98. The molecule has 5 nitrogen and oxygen atoms in total. The number of imidazole rings is 1. The average molecular weight is 297 g/mol. The van der Waals surface area contributed by atoms with Gasteiger partial charge in [-0.2, -0.15) is 0 Å². The number of nitrogens with zero attached hydrogens (tertiary/aromatic N) is 3. The van der Waals surface area contributed by atoms with Gasteiger partial charge in [-0.15, -0.1) is 0 Å². The van der Waals surface area contributed by atoms with E-state index in [9.17, 15) is 5.11 Å². The molecule has 0 saturated carbocycles. The van der Waals surface area contributed by atoms with Crippen molar-refractivity contribution in [2.24, 2.45) is 0 Å². The minimum Gasteiger partial charge on any atom is -0.508 e. The average Bonchev–Trinajstić information content (AvgIpc) is 2.88. The third-order valence-corrected chi connectivity index (χ3v) is 3.65. The zero-order valence-corrected chi connectivity index (χ0v) is 12.6. The van der Waals surface area contributed by atoms with Gasteiger partial charge in [0.25, 0.3) is 0 Å². The highest BCUT2D eigenvalue weighted by Gasteiger charge is 2.13. The van der Waals surface area contributed by atoms with Crippen molar-refractivity contribution in [2.75, 3.05) is 13.7 Å². The minimum atomic E-state index is 0.297. The van der Waals surface area contributed by atoms with Crippen LogP contribution in [0.3, 0.4) is 0 Å². The fourth-order valence-corrected chi connectivity index (χ4v) is 2.57. The summed E-state index contributed by atoms with van der Waals surface area (Å²) >= 11 is 0. The van der Waals surface area contributed by atoms with Crippen LogP contribution in [0.4, 0.5) is 0 Å². The van der Waals surface area contributed by atoms with Crippen LogP contribution >= 0.6 is 0 Å². The molecule has 1 aromatic carbocycles. The Bertz CT molecular complexity index is 767. The first-order chi connectivity index (χ1) is 10.8. The lowest BCUT2D eigenvalue weighted by Gasteiger charge is -2.09. The van der Waals surface area contributed by atoms with Gasteiger partial charge in [0, 0.05) is 38.4 Å². The predicted octanol–water partition coefficient (Wildman–Crippen LogP) is 2.76. The largest absolute Gasteiger partial charge is 0.508 e. The molecule has 0 aliphatic carbocycles. The number of aromatic nitrogens is 3. The first-order valence-electron chi connectivity index (χ1n) is 7.35. The Morgan fingerprint density at radius 2 is 2.05 bits per heavy atom. The van der Waals surface area contributed by atoms with E-state index in [1.807, 2.05) is 30.3 Å². The van der Waals surface area contributed by atoms with E-state index in [1.165, 1.54) is 0 Å². The van der Waals surface area contributed by atoms with Crippen molar-refractivity contribution in [3.8, 4) is 5.75 Å². The summed E-state index contributed by atoms with van der Waals surface area (Å²) in [6.07, 6.45) is 3.25. The first kappa shape index (κ1) is 14.5. The molecule has 0 saturated heterocycles. The number of benzene rings is 1. The number of fused-ring (bicyclic) bond motifs is 1. The Morgan fingerprint density at radius 1 is 1.18 bits per heavy atom. The van der Waals surface area contributed by atoms with Crippen molar-refractivity contribution >= 4 is 11.2 Å².